The molecule has 0 bridgehead atoms. The highest BCUT2D eigenvalue weighted by Gasteiger charge is 2.34. The highest BCUT2D eigenvalue weighted by atomic mass is 16.0. The topological polar surface area (TPSA) is 31.5 Å². The Morgan fingerprint density at radius 2 is 0.963 bits per heavy atom. The molecule has 1 unspecified atom stereocenters. The first kappa shape index (κ1) is 23.2. The minimum Gasteiger partial charge on any atom is -0.412 e. The second-order valence-corrected chi connectivity index (χ2v) is 10.8. The van der Waals surface area contributed by atoms with E-state index in [4.69, 9.17) is 0 Å². The van der Waals surface area contributed by atoms with Gasteiger partial charge in [-0.2, -0.15) is 0 Å². The molecule has 0 heterocycles. The summed E-state index contributed by atoms with van der Waals surface area (Å²) in [5.41, 5.74) is 0. The van der Waals surface area contributed by atoms with Crippen LogP contribution in [-0.2, 0) is 0 Å². The van der Waals surface area contributed by atoms with Gasteiger partial charge in [-0.25, -0.2) is 0 Å². The molecule has 3 aliphatic rings. The molecule has 160 valence electrons. The molecule has 0 aromatic heterocycles. The van der Waals surface area contributed by atoms with E-state index >= 15 is 0 Å². The van der Waals surface area contributed by atoms with Gasteiger partial charge in [0.05, 0.1) is 0 Å². The lowest BCUT2D eigenvalue weighted by Crippen LogP contribution is -2.30. The van der Waals surface area contributed by atoms with E-state index in [1.165, 1.54) is 25.7 Å². The molecule has 0 amide bonds. The van der Waals surface area contributed by atoms with Crippen LogP contribution in [0.15, 0.2) is 0 Å². The average Bonchev–Trinajstić information content (AvgIpc) is 2.69. The molecule has 0 aromatic carbocycles. The van der Waals surface area contributed by atoms with Gasteiger partial charge in [0.15, 0.2) is 0 Å². The molecule has 3 fully saturated rings. The van der Waals surface area contributed by atoms with Gasteiger partial charge in [-0.1, -0.05) is 65.7 Å². The van der Waals surface area contributed by atoms with Gasteiger partial charge < -0.3 is 5.48 Å². The molecule has 0 aromatic rings. The molecule has 0 radical (unpaired) electrons. The SMILES string of the molecule is CCCC1CCC(C2CCC(C3CCC(CC(C)CC)CC3)CC2)CC1.O. The van der Waals surface area contributed by atoms with Crippen molar-refractivity contribution in [2.75, 3.05) is 0 Å². The van der Waals surface area contributed by atoms with Gasteiger partial charge in [-0.3, -0.25) is 0 Å². The molecule has 0 aliphatic heterocycles. The number of hydrogen-bond acceptors (Lipinski definition) is 0. The molecule has 0 saturated heterocycles. The van der Waals surface area contributed by atoms with Crippen LogP contribution in [0.5, 0.6) is 0 Å². The van der Waals surface area contributed by atoms with Crippen LogP contribution in [0.4, 0.5) is 0 Å². The minimum absolute atomic E-state index is 0. The summed E-state index contributed by atoms with van der Waals surface area (Å²) in [6, 6.07) is 0. The zero-order valence-corrected chi connectivity index (χ0v) is 18.9. The van der Waals surface area contributed by atoms with Crippen molar-refractivity contribution in [3.8, 4) is 0 Å². The zero-order chi connectivity index (χ0) is 18.4. The fraction of sp³-hybridized carbons (Fsp3) is 1.00. The van der Waals surface area contributed by atoms with Gasteiger partial charge >= 0.3 is 0 Å². The summed E-state index contributed by atoms with van der Waals surface area (Å²) in [4.78, 5) is 0. The van der Waals surface area contributed by atoms with Gasteiger partial charge in [0, 0.05) is 0 Å². The maximum absolute atomic E-state index is 2.46. The normalized spacial score (nSPS) is 38.8. The summed E-state index contributed by atoms with van der Waals surface area (Å²) >= 11 is 0. The van der Waals surface area contributed by atoms with Crippen molar-refractivity contribution in [2.45, 2.75) is 124 Å². The fourth-order valence-corrected chi connectivity index (χ4v) is 7.08. The van der Waals surface area contributed by atoms with Crippen LogP contribution in [0, 0.1) is 41.4 Å². The van der Waals surface area contributed by atoms with Crippen LogP contribution in [0.25, 0.3) is 0 Å². The molecule has 1 atom stereocenters. The van der Waals surface area contributed by atoms with E-state index in [0.29, 0.717) is 0 Å². The fourth-order valence-electron chi connectivity index (χ4n) is 7.08. The molecule has 0 spiro atoms. The summed E-state index contributed by atoms with van der Waals surface area (Å²) in [6.07, 6.45) is 24.6. The van der Waals surface area contributed by atoms with Crippen molar-refractivity contribution in [1.82, 2.24) is 0 Å². The first-order chi connectivity index (χ1) is 12.7. The van der Waals surface area contributed by atoms with Crippen LogP contribution >= 0.6 is 0 Å². The van der Waals surface area contributed by atoms with Gasteiger partial charge in [-0.15, -0.1) is 0 Å². The van der Waals surface area contributed by atoms with Crippen molar-refractivity contribution in [1.29, 1.82) is 0 Å². The van der Waals surface area contributed by atoms with Gasteiger partial charge in [-0.05, 0) is 99.2 Å². The predicted molar refractivity (Wildman–Crippen MR) is 119 cm³/mol. The van der Waals surface area contributed by atoms with Crippen LogP contribution in [0.2, 0.25) is 0 Å². The predicted octanol–water partition coefficient (Wildman–Crippen LogP) is 7.82. The molecule has 27 heavy (non-hydrogen) atoms. The lowest BCUT2D eigenvalue weighted by Gasteiger charge is -2.41. The highest BCUT2D eigenvalue weighted by molar-refractivity contribution is 4.86. The zero-order valence-electron chi connectivity index (χ0n) is 18.9. The molecule has 3 aliphatic carbocycles. The molecule has 2 N–H and O–H groups in total. The maximum Gasteiger partial charge on any atom is -0.0386 e. The van der Waals surface area contributed by atoms with Crippen molar-refractivity contribution in [2.24, 2.45) is 41.4 Å². The summed E-state index contributed by atoms with van der Waals surface area (Å²) in [5.74, 6) is 7.52. The molecule has 3 saturated carbocycles. The Labute approximate surface area is 170 Å². The second-order valence-electron chi connectivity index (χ2n) is 10.8. The first-order valence-electron chi connectivity index (χ1n) is 12.7. The third-order valence-corrected chi connectivity index (χ3v) is 9.06. The summed E-state index contributed by atoms with van der Waals surface area (Å²) in [7, 11) is 0. The Hall–Kier alpha value is -0.0400. The average molecular weight is 379 g/mol. The van der Waals surface area contributed by atoms with Gasteiger partial charge in [0.1, 0.15) is 0 Å². The Balaban J connectivity index is 0.00000261. The van der Waals surface area contributed by atoms with Gasteiger partial charge in [0.25, 0.3) is 0 Å². The second kappa shape index (κ2) is 11.8. The van der Waals surface area contributed by atoms with E-state index in [9.17, 15) is 0 Å². The lowest BCUT2D eigenvalue weighted by atomic mass is 9.64. The largest absolute Gasteiger partial charge is 0.412 e. The standard InChI is InChI=1S/C26H48.H2O/c1-4-6-21-7-11-23(12-8-21)25-15-17-26(18-16-25)24-13-9-22(10-14-24)19-20(3)5-2;/h20-26H,4-19H2,1-3H3;1H2. The third kappa shape index (κ3) is 6.76. The lowest BCUT2D eigenvalue weighted by molar-refractivity contribution is 0.100. The van der Waals surface area contributed by atoms with Crippen molar-refractivity contribution >= 4 is 0 Å². The van der Waals surface area contributed by atoms with E-state index in [0.717, 1.165) is 41.4 Å². The van der Waals surface area contributed by atoms with E-state index in [-0.39, 0.29) is 5.48 Å². The third-order valence-electron chi connectivity index (χ3n) is 9.06. The Morgan fingerprint density at radius 1 is 0.593 bits per heavy atom. The minimum atomic E-state index is 0. The molecular weight excluding hydrogens is 328 g/mol. The van der Waals surface area contributed by atoms with E-state index in [2.05, 4.69) is 20.8 Å². The van der Waals surface area contributed by atoms with Crippen LogP contribution in [0.1, 0.15) is 124 Å². The Morgan fingerprint density at radius 3 is 1.33 bits per heavy atom. The number of rotatable bonds is 7. The summed E-state index contributed by atoms with van der Waals surface area (Å²) in [6.45, 7) is 7.19. The molecule has 1 nitrogen and oxygen atoms in total. The van der Waals surface area contributed by atoms with Gasteiger partial charge in [0.2, 0.25) is 0 Å². The van der Waals surface area contributed by atoms with Crippen LogP contribution in [0.3, 0.4) is 0 Å². The first-order valence-corrected chi connectivity index (χ1v) is 12.7. The smallest absolute Gasteiger partial charge is 0.0386 e. The highest BCUT2D eigenvalue weighted by Crippen LogP contribution is 2.46. The molecule has 1 heteroatoms. The van der Waals surface area contributed by atoms with Crippen LogP contribution < -0.4 is 0 Å². The quantitative estimate of drug-likeness (QED) is 0.432. The summed E-state index contributed by atoms with van der Waals surface area (Å²) < 4.78 is 0. The monoisotopic (exact) mass is 378 g/mol. The Kier molecular flexibility index (Phi) is 10.2. The van der Waals surface area contributed by atoms with Crippen LogP contribution in [-0.4, -0.2) is 5.48 Å². The van der Waals surface area contributed by atoms with E-state index < -0.39 is 0 Å². The van der Waals surface area contributed by atoms with E-state index in [1.807, 2.05) is 0 Å². The summed E-state index contributed by atoms with van der Waals surface area (Å²) in [5, 5.41) is 0. The van der Waals surface area contributed by atoms with E-state index in [1.54, 1.807) is 77.0 Å². The van der Waals surface area contributed by atoms with Crippen molar-refractivity contribution < 1.29 is 5.48 Å². The molecular formula is C26H50O. The Bertz CT molecular complexity index is 368. The molecule has 3 rings (SSSR count). The van der Waals surface area contributed by atoms with Crippen molar-refractivity contribution in [3.05, 3.63) is 0 Å². The maximum atomic E-state index is 2.46. The van der Waals surface area contributed by atoms with Crippen molar-refractivity contribution in [3.63, 3.8) is 0 Å². The number of hydrogen-bond donors (Lipinski definition) is 0.